The van der Waals surface area contributed by atoms with E-state index in [-0.39, 0.29) is 0 Å². The second-order valence-electron chi connectivity index (χ2n) is 11.2. The third-order valence-corrected chi connectivity index (χ3v) is 9.42. The number of nitrogens with zero attached hydrogens (tertiary/aromatic N) is 7. The number of halogens is 1. The second-order valence-corrected chi connectivity index (χ2v) is 12.6. The lowest BCUT2D eigenvalue weighted by molar-refractivity contribution is 0.0982. The molecule has 232 valence electrons. The quantitative estimate of drug-likeness (QED) is 0.323. The molecule has 2 aliphatic rings. The summed E-state index contributed by atoms with van der Waals surface area (Å²) in [5.74, 6) is 1.49. The molecule has 1 aromatic heterocycles. The number of likely N-dealkylation sites (N-methyl/N-ethyl adjacent to an activating group) is 1. The summed E-state index contributed by atoms with van der Waals surface area (Å²) in [5.41, 5.74) is 4.28. The van der Waals surface area contributed by atoms with Crippen LogP contribution in [-0.2, 0) is 11.3 Å². The summed E-state index contributed by atoms with van der Waals surface area (Å²) in [4.78, 5) is 18.4. The third kappa shape index (κ3) is 6.99. The number of para-hydroxylation sites is 2. The Morgan fingerprint density at radius 2 is 1.74 bits per heavy atom. The van der Waals surface area contributed by atoms with Crippen molar-refractivity contribution in [3.63, 3.8) is 0 Å². The molecule has 0 aliphatic carbocycles. The number of ether oxygens (including phenoxy) is 1. The monoisotopic (exact) mass is 628 g/mol. The lowest BCUT2D eigenvalue weighted by atomic mass is 10.0. The standard InChI is InChI=1S/C30H41ClN8O3S/c1-21-18-24(28(42-5)19-27(21)39-12-10-22(11-13-39)38-16-14-35(2)15-17-38)33-30-32-20-23(31)29(34-30)36(3)25-8-6-7-9-26(25)37(4)43(40)41/h6-9,18-20,22H,10-17H2,1-5H3,(H,40,41)(H,32,33,34). The van der Waals surface area contributed by atoms with Gasteiger partial charge >= 0.3 is 0 Å². The average Bonchev–Trinajstić information content (AvgIpc) is 3.02. The van der Waals surface area contributed by atoms with Crippen molar-refractivity contribution in [2.24, 2.45) is 0 Å². The first-order valence-corrected chi connectivity index (χ1v) is 15.9. The zero-order valence-corrected chi connectivity index (χ0v) is 27.0. The Bertz CT molecular complexity index is 1450. The van der Waals surface area contributed by atoms with Crippen LogP contribution in [0.5, 0.6) is 5.75 Å². The highest BCUT2D eigenvalue weighted by Crippen LogP contribution is 2.38. The molecule has 0 amide bonds. The van der Waals surface area contributed by atoms with Gasteiger partial charge in [-0.25, -0.2) is 9.19 Å². The van der Waals surface area contributed by atoms with Crippen molar-refractivity contribution in [3.8, 4) is 5.75 Å². The van der Waals surface area contributed by atoms with E-state index in [1.165, 1.54) is 16.2 Å². The van der Waals surface area contributed by atoms with Gasteiger partial charge in [0.25, 0.3) is 11.3 Å². The van der Waals surface area contributed by atoms with Crippen LogP contribution in [0.1, 0.15) is 18.4 Å². The Morgan fingerprint density at radius 1 is 1.07 bits per heavy atom. The Kier molecular flexibility index (Phi) is 9.92. The molecule has 0 bridgehead atoms. The highest BCUT2D eigenvalue weighted by Gasteiger charge is 2.28. The molecule has 2 N–H and O–H groups in total. The molecule has 0 saturated carbocycles. The molecule has 2 fully saturated rings. The number of piperazine rings is 1. The van der Waals surface area contributed by atoms with Gasteiger partial charge < -0.3 is 24.8 Å². The van der Waals surface area contributed by atoms with Gasteiger partial charge in [-0.15, -0.1) is 0 Å². The van der Waals surface area contributed by atoms with Crippen molar-refractivity contribution in [2.75, 3.05) is 86.9 Å². The van der Waals surface area contributed by atoms with Crippen molar-refractivity contribution >= 4 is 57.4 Å². The molecule has 2 saturated heterocycles. The fourth-order valence-electron chi connectivity index (χ4n) is 5.93. The van der Waals surface area contributed by atoms with Gasteiger partial charge in [-0.3, -0.25) is 13.8 Å². The van der Waals surface area contributed by atoms with E-state index in [2.05, 4.69) is 51.1 Å². The lowest BCUT2D eigenvalue weighted by Gasteiger charge is -2.43. The molecule has 43 heavy (non-hydrogen) atoms. The molecule has 0 spiro atoms. The molecule has 3 aromatic rings. The summed E-state index contributed by atoms with van der Waals surface area (Å²) in [6.45, 7) is 8.77. The van der Waals surface area contributed by atoms with Gasteiger partial charge in [-0.2, -0.15) is 4.98 Å². The van der Waals surface area contributed by atoms with Crippen LogP contribution in [-0.4, -0.2) is 102 Å². The molecule has 2 aliphatic heterocycles. The fraction of sp³-hybridized carbons (Fsp3) is 0.467. The molecule has 5 rings (SSSR count). The number of hydrogen-bond acceptors (Lipinski definition) is 9. The van der Waals surface area contributed by atoms with Crippen LogP contribution < -0.4 is 24.2 Å². The van der Waals surface area contributed by atoms with Crippen molar-refractivity contribution in [1.82, 2.24) is 19.8 Å². The number of methoxy groups -OCH3 is 1. The van der Waals surface area contributed by atoms with Gasteiger partial charge in [0.1, 0.15) is 10.8 Å². The minimum absolute atomic E-state index is 0.342. The summed E-state index contributed by atoms with van der Waals surface area (Å²) in [5, 5.41) is 3.66. The van der Waals surface area contributed by atoms with Gasteiger partial charge in [-0.1, -0.05) is 23.7 Å². The van der Waals surface area contributed by atoms with Crippen LogP contribution in [0.15, 0.2) is 42.6 Å². The van der Waals surface area contributed by atoms with Gasteiger partial charge in [0.15, 0.2) is 5.82 Å². The van der Waals surface area contributed by atoms with E-state index >= 15 is 0 Å². The fourth-order valence-corrected chi connectivity index (χ4v) is 6.47. The predicted octanol–water partition coefficient (Wildman–Crippen LogP) is 4.75. The molecular weight excluding hydrogens is 588 g/mol. The van der Waals surface area contributed by atoms with Crippen molar-refractivity contribution in [1.29, 1.82) is 0 Å². The maximum Gasteiger partial charge on any atom is 0.261 e. The Balaban J connectivity index is 1.33. The first kappa shape index (κ1) is 31.3. The largest absolute Gasteiger partial charge is 0.494 e. The second kappa shape index (κ2) is 13.6. The topological polar surface area (TPSA) is 101 Å². The maximum absolute atomic E-state index is 11.8. The molecule has 13 heteroatoms. The number of anilines is 6. The molecule has 1 atom stereocenters. The summed E-state index contributed by atoms with van der Waals surface area (Å²) < 4.78 is 28.5. The van der Waals surface area contributed by atoms with Crippen molar-refractivity contribution < 1.29 is 13.5 Å². The summed E-state index contributed by atoms with van der Waals surface area (Å²) in [7, 11) is 7.22. The SMILES string of the molecule is COc1cc(N2CCC(N3CCN(C)CC3)CC2)c(C)cc1Nc1ncc(Cl)c(N(C)c2ccccc2N(C)S(=O)O)n1. The van der Waals surface area contributed by atoms with Crippen LogP contribution in [0.25, 0.3) is 0 Å². The van der Waals surface area contributed by atoms with Crippen LogP contribution >= 0.6 is 11.6 Å². The van der Waals surface area contributed by atoms with Crippen LogP contribution in [0, 0.1) is 6.92 Å². The Hall–Kier alpha value is -3.16. The van der Waals surface area contributed by atoms with Crippen molar-refractivity contribution in [2.45, 2.75) is 25.8 Å². The molecule has 0 radical (unpaired) electrons. The summed E-state index contributed by atoms with van der Waals surface area (Å²) >= 11 is 4.35. The minimum Gasteiger partial charge on any atom is -0.494 e. The summed E-state index contributed by atoms with van der Waals surface area (Å²) in [6, 6.07) is 12.1. The first-order chi connectivity index (χ1) is 20.7. The van der Waals surface area contributed by atoms with E-state index in [1.54, 1.807) is 38.2 Å². The van der Waals surface area contributed by atoms with E-state index < -0.39 is 11.3 Å². The average molecular weight is 629 g/mol. The van der Waals surface area contributed by atoms with Gasteiger partial charge in [0.05, 0.1) is 30.4 Å². The number of hydrogen-bond donors (Lipinski definition) is 2. The maximum atomic E-state index is 11.8. The molecule has 11 nitrogen and oxygen atoms in total. The smallest absolute Gasteiger partial charge is 0.261 e. The number of nitrogens with one attached hydrogen (secondary N) is 1. The Labute approximate surface area is 261 Å². The molecular formula is C30H41ClN8O3S. The normalized spacial score (nSPS) is 17.5. The van der Waals surface area contributed by atoms with Gasteiger partial charge in [0, 0.05) is 71.2 Å². The number of piperidine rings is 1. The minimum atomic E-state index is -2.19. The molecule has 2 aromatic carbocycles. The van der Waals surface area contributed by atoms with Gasteiger partial charge in [-0.05, 0) is 50.6 Å². The zero-order chi connectivity index (χ0) is 30.7. The van der Waals surface area contributed by atoms with E-state index in [0.29, 0.717) is 40.0 Å². The first-order valence-electron chi connectivity index (χ1n) is 14.5. The number of aryl methyl sites for hydroxylation is 1. The van der Waals surface area contributed by atoms with E-state index in [9.17, 15) is 8.76 Å². The highest BCUT2D eigenvalue weighted by atomic mass is 35.5. The van der Waals surface area contributed by atoms with E-state index in [0.717, 1.165) is 63.4 Å². The molecule has 1 unspecified atom stereocenters. The van der Waals surface area contributed by atoms with Crippen LogP contribution in [0.4, 0.5) is 34.5 Å². The number of rotatable bonds is 9. The highest BCUT2D eigenvalue weighted by molar-refractivity contribution is 7.80. The Morgan fingerprint density at radius 3 is 2.40 bits per heavy atom. The predicted molar refractivity (Wildman–Crippen MR) is 176 cm³/mol. The number of benzene rings is 2. The number of aromatic nitrogens is 2. The van der Waals surface area contributed by atoms with Gasteiger partial charge in [0.2, 0.25) is 5.95 Å². The summed E-state index contributed by atoms with van der Waals surface area (Å²) in [6.07, 6.45) is 3.86. The third-order valence-electron chi connectivity index (χ3n) is 8.48. The molecule has 3 heterocycles. The van der Waals surface area contributed by atoms with Crippen molar-refractivity contribution in [3.05, 3.63) is 53.2 Å². The van der Waals surface area contributed by atoms with Crippen LogP contribution in [0.3, 0.4) is 0 Å². The van der Waals surface area contributed by atoms with Crippen LogP contribution in [0.2, 0.25) is 5.02 Å². The van der Waals surface area contributed by atoms with E-state index in [1.807, 2.05) is 12.1 Å². The zero-order valence-electron chi connectivity index (χ0n) is 25.5. The lowest BCUT2D eigenvalue weighted by Crippen LogP contribution is -2.52. The van der Waals surface area contributed by atoms with E-state index in [4.69, 9.17) is 21.3 Å².